The number of pyridine rings is 1. The molecule has 0 bridgehead atoms. The fourth-order valence-corrected chi connectivity index (χ4v) is 2.85. The van der Waals surface area contributed by atoms with E-state index in [1.54, 1.807) is 4.90 Å². The first-order chi connectivity index (χ1) is 11.4. The summed E-state index contributed by atoms with van der Waals surface area (Å²) in [5.74, 6) is 0.00369. The number of aryl methyl sites for hydroxylation is 3. The minimum Gasteiger partial charge on any atom is -0.337 e. The first kappa shape index (κ1) is 16.2. The molecule has 122 valence electrons. The molecule has 0 aliphatic rings. The number of nitrogens with zero attached hydrogens (tertiary/aromatic N) is 2. The summed E-state index contributed by atoms with van der Waals surface area (Å²) in [5, 5.41) is 1.01. The predicted octanol–water partition coefficient (Wildman–Crippen LogP) is 4.43. The average molecular weight is 318 g/mol. The maximum absolute atomic E-state index is 12.9. The second-order valence-corrected chi connectivity index (χ2v) is 6.46. The molecule has 3 aromatic rings. The summed E-state index contributed by atoms with van der Waals surface area (Å²) in [6.07, 6.45) is 0. The first-order valence-corrected chi connectivity index (χ1v) is 8.13. The Balaban J connectivity index is 1.89. The number of aromatic nitrogens is 1. The number of rotatable bonds is 3. The molecule has 0 N–H and O–H groups in total. The number of carbonyl (C=O) groups excluding carboxylic acids is 1. The van der Waals surface area contributed by atoms with Crippen LogP contribution in [0, 0.1) is 20.8 Å². The summed E-state index contributed by atoms with van der Waals surface area (Å²) >= 11 is 0. The van der Waals surface area contributed by atoms with Crippen LogP contribution in [0.1, 0.15) is 32.7 Å². The van der Waals surface area contributed by atoms with Crippen molar-refractivity contribution >= 4 is 16.8 Å². The predicted molar refractivity (Wildman–Crippen MR) is 98.2 cm³/mol. The molecule has 2 aromatic carbocycles. The smallest absolute Gasteiger partial charge is 0.255 e. The molecule has 0 radical (unpaired) electrons. The number of amides is 1. The van der Waals surface area contributed by atoms with Crippen molar-refractivity contribution in [2.75, 3.05) is 7.05 Å². The molecule has 3 heteroatoms. The van der Waals surface area contributed by atoms with Crippen LogP contribution in [0.25, 0.3) is 10.9 Å². The maximum Gasteiger partial charge on any atom is 0.255 e. The topological polar surface area (TPSA) is 33.2 Å². The van der Waals surface area contributed by atoms with E-state index in [9.17, 15) is 4.79 Å². The van der Waals surface area contributed by atoms with Gasteiger partial charge in [0.15, 0.2) is 0 Å². The molecule has 0 atom stereocenters. The van der Waals surface area contributed by atoms with Gasteiger partial charge in [0.05, 0.1) is 16.8 Å². The zero-order chi connectivity index (χ0) is 17.3. The molecular weight excluding hydrogens is 296 g/mol. The van der Waals surface area contributed by atoms with Crippen LogP contribution >= 0.6 is 0 Å². The molecule has 1 aromatic heterocycles. The van der Waals surface area contributed by atoms with Crippen molar-refractivity contribution in [1.82, 2.24) is 9.88 Å². The van der Waals surface area contributed by atoms with Gasteiger partial charge in [0.2, 0.25) is 0 Å². The standard InChI is InChI=1S/C21H22N2O/c1-14-5-8-17(9-6-14)13-23(4)21(24)19-12-18-11-15(2)7-10-20(18)22-16(19)3/h5-12H,13H2,1-4H3. The summed E-state index contributed by atoms with van der Waals surface area (Å²) in [4.78, 5) is 19.2. The van der Waals surface area contributed by atoms with E-state index < -0.39 is 0 Å². The minimum absolute atomic E-state index is 0.00369. The molecule has 0 aliphatic carbocycles. The molecular formula is C21H22N2O. The second-order valence-electron chi connectivity index (χ2n) is 6.46. The Morgan fingerprint density at radius 2 is 1.62 bits per heavy atom. The Hall–Kier alpha value is -2.68. The molecule has 1 heterocycles. The lowest BCUT2D eigenvalue weighted by molar-refractivity contribution is 0.0784. The van der Waals surface area contributed by atoms with Crippen LogP contribution in [0.4, 0.5) is 0 Å². The van der Waals surface area contributed by atoms with E-state index in [1.807, 2.05) is 39.1 Å². The Morgan fingerprint density at radius 1 is 0.958 bits per heavy atom. The molecule has 0 saturated carbocycles. The lowest BCUT2D eigenvalue weighted by atomic mass is 10.1. The number of hydrogen-bond acceptors (Lipinski definition) is 2. The molecule has 0 aliphatic heterocycles. The van der Waals surface area contributed by atoms with E-state index in [0.717, 1.165) is 22.2 Å². The van der Waals surface area contributed by atoms with Crippen molar-refractivity contribution in [3.05, 3.63) is 76.5 Å². The molecule has 1 amide bonds. The van der Waals surface area contributed by atoms with Crippen LogP contribution in [-0.4, -0.2) is 22.8 Å². The van der Waals surface area contributed by atoms with Gasteiger partial charge in [0, 0.05) is 19.0 Å². The van der Waals surface area contributed by atoms with E-state index in [1.165, 1.54) is 11.1 Å². The minimum atomic E-state index is 0.00369. The van der Waals surface area contributed by atoms with Gasteiger partial charge in [0.1, 0.15) is 0 Å². The monoisotopic (exact) mass is 318 g/mol. The number of benzene rings is 2. The third-order valence-corrected chi connectivity index (χ3v) is 4.28. The highest BCUT2D eigenvalue weighted by atomic mass is 16.2. The Morgan fingerprint density at radius 3 is 2.33 bits per heavy atom. The van der Waals surface area contributed by atoms with Gasteiger partial charge in [-0.1, -0.05) is 41.5 Å². The third-order valence-electron chi connectivity index (χ3n) is 4.28. The van der Waals surface area contributed by atoms with E-state index in [2.05, 4.69) is 42.2 Å². The van der Waals surface area contributed by atoms with Crippen molar-refractivity contribution in [2.45, 2.75) is 27.3 Å². The highest BCUT2D eigenvalue weighted by molar-refractivity contribution is 5.98. The van der Waals surface area contributed by atoms with Gasteiger partial charge in [-0.25, -0.2) is 0 Å². The summed E-state index contributed by atoms with van der Waals surface area (Å²) in [6.45, 7) is 6.59. The zero-order valence-electron chi connectivity index (χ0n) is 14.6. The lowest BCUT2D eigenvalue weighted by Gasteiger charge is -2.19. The Bertz CT molecular complexity index is 898. The molecule has 24 heavy (non-hydrogen) atoms. The largest absolute Gasteiger partial charge is 0.337 e. The van der Waals surface area contributed by atoms with Crippen LogP contribution in [0.3, 0.4) is 0 Å². The quantitative estimate of drug-likeness (QED) is 0.715. The average Bonchev–Trinajstić information content (AvgIpc) is 2.56. The number of carbonyl (C=O) groups is 1. The van der Waals surface area contributed by atoms with E-state index in [0.29, 0.717) is 12.1 Å². The van der Waals surface area contributed by atoms with Crippen molar-refractivity contribution in [3.63, 3.8) is 0 Å². The zero-order valence-corrected chi connectivity index (χ0v) is 14.6. The Kier molecular flexibility index (Phi) is 4.34. The number of hydrogen-bond donors (Lipinski definition) is 0. The SMILES string of the molecule is Cc1ccc(CN(C)C(=O)c2cc3cc(C)ccc3nc2C)cc1. The van der Waals surface area contributed by atoms with Gasteiger partial charge in [-0.15, -0.1) is 0 Å². The Labute approximate surface area is 143 Å². The fourth-order valence-electron chi connectivity index (χ4n) is 2.85. The van der Waals surface area contributed by atoms with Crippen LogP contribution in [0.2, 0.25) is 0 Å². The maximum atomic E-state index is 12.9. The van der Waals surface area contributed by atoms with E-state index in [4.69, 9.17) is 0 Å². The molecule has 3 nitrogen and oxygen atoms in total. The molecule has 0 fully saturated rings. The summed E-state index contributed by atoms with van der Waals surface area (Å²) in [7, 11) is 1.84. The van der Waals surface area contributed by atoms with Crippen molar-refractivity contribution < 1.29 is 4.79 Å². The van der Waals surface area contributed by atoms with Gasteiger partial charge in [-0.3, -0.25) is 9.78 Å². The second kappa shape index (κ2) is 6.44. The highest BCUT2D eigenvalue weighted by Gasteiger charge is 2.16. The molecule has 3 rings (SSSR count). The highest BCUT2D eigenvalue weighted by Crippen LogP contribution is 2.20. The normalized spacial score (nSPS) is 10.8. The van der Waals surface area contributed by atoms with Gasteiger partial charge in [0.25, 0.3) is 5.91 Å². The third kappa shape index (κ3) is 3.30. The van der Waals surface area contributed by atoms with Crippen molar-refractivity contribution in [3.8, 4) is 0 Å². The van der Waals surface area contributed by atoms with Gasteiger partial charge in [-0.2, -0.15) is 0 Å². The van der Waals surface area contributed by atoms with E-state index in [-0.39, 0.29) is 5.91 Å². The van der Waals surface area contributed by atoms with Crippen LogP contribution in [0.15, 0.2) is 48.5 Å². The molecule has 0 unspecified atom stereocenters. The number of fused-ring (bicyclic) bond motifs is 1. The van der Waals surface area contributed by atoms with Crippen LogP contribution < -0.4 is 0 Å². The summed E-state index contributed by atoms with van der Waals surface area (Å²) < 4.78 is 0. The summed E-state index contributed by atoms with van der Waals surface area (Å²) in [5.41, 5.74) is 5.88. The van der Waals surface area contributed by atoms with Crippen LogP contribution in [0.5, 0.6) is 0 Å². The van der Waals surface area contributed by atoms with Crippen LogP contribution in [-0.2, 0) is 6.54 Å². The summed E-state index contributed by atoms with van der Waals surface area (Å²) in [6, 6.07) is 16.3. The fraction of sp³-hybridized carbons (Fsp3) is 0.238. The van der Waals surface area contributed by atoms with Gasteiger partial charge >= 0.3 is 0 Å². The molecule has 0 saturated heterocycles. The lowest BCUT2D eigenvalue weighted by Crippen LogP contribution is -2.27. The van der Waals surface area contributed by atoms with E-state index >= 15 is 0 Å². The molecule has 0 spiro atoms. The van der Waals surface area contributed by atoms with Gasteiger partial charge in [-0.05, 0) is 44.5 Å². The first-order valence-electron chi connectivity index (χ1n) is 8.13. The van der Waals surface area contributed by atoms with Gasteiger partial charge < -0.3 is 4.90 Å². The van der Waals surface area contributed by atoms with Crippen molar-refractivity contribution in [2.24, 2.45) is 0 Å². The van der Waals surface area contributed by atoms with Crippen molar-refractivity contribution in [1.29, 1.82) is 0 Å².